The van der Waals surface area contributed by atoms with Gasteiger partial charge in [-0.3, -0.25) is 14.7 Å². The van der Waals surface area contributed by atoms with Gasteiger partial charge in [-0.05, 0) is 74.5 Å². The fourth-order valence-corrected chi connectivity index (χ4v) is 5.40. The van der Waals surface area contributed by atoms with Crippen LogP contribution < -0.4 is 4.74 Å². The molecular formula is C29H28ClF3N2O4. The van der Waals surface area contributed by atoms with Gasteiger partial charge in [-0.2, -0.15) is 0 Å². The molecule has 0 amide bonds. The monoisotopic (exact) mass is 560 g/mol. The van der Waals surface area contributed by atoms with Gasteiger partial charge in [0.15, 0.2) is 17.5 Å². The largest absolute Gasteiger partial charge is 0.497 e. The molecule has 6 nitrogen and oxygen atoms in total. The first-order valence-corrected chi connectivity index (χ1v) is 12.9. The normalized spacial score (nSPS) is 15.9. The first-order valence-electron chi connectivity index (χ1n) is 12.5. The molecule has 0 bridgehead atoms. The number of carboxylic acids is 1. The lowest BCUT2D eigenvalue weighted by molar-refractivity contribution is -0.141. The van der Waals surface area contributed by atoms with E-state index < -0.39 is 34.9 Å². The molecule has 3 aromatic rings. The van der Waals surface area contributed by atoms with Gasteiger partial charge in [0.1, 0.15) is 5.75 Å². The molecule has 1 saturated heterocycles. The van der Waals surface area contributed by atoms with E-state index in [0.29, 0.717) is 72.6 Å². The van der Waals surface area contributed by atoms with Crippen molar-refractivity contribution < 1.29 is 32.9 Å². The van der Waals surface area contributed by atoms with Crippen molar-refractivity contribution in [3.8, 4) is 17.6 Å². The molecule has 2 aromatic carbocycles. The first kappa shape index (κ1) is 28.7. The number of hydrogen-bond acceptors (Lipinski definition) is 5. The van der Waals surface area contributed by atoms with Gasteiger partial charge in [0.25, 0.3) is 0 Å². The van der Waals surface area contributed by atoms with E-state index in [1.54, 1.807) is 25.3 Å². The van der Waals surface area contributed by atoms with Crippen LogP contribution in [0.4, 0.5) is 13.2 Å². The quantitative estimate of drug-likeness (QED) is 0.270. The van der Waals surface area contributed by atoms with Crippen LogP contribution in [-0.2, 0) is 4.79 Å². The van der Waals surface area contributed by atoms with Gasteiger partial charge >= 0.3 is 5.97 Å². The van der Waals surface area contributed by atoms with Gasteiger partial charge in [-0.15, -0.1) is 0 Å². The second kappa shape index (κ2) is 12.2. The smallest absolute Gasteiger partial charge is 0.303 e. The maximum Gasteiger partial charge on any atom is 0.303 e. The highest BCUT2D eigenvalue weighted by atomic mass is 35.5. The molecule has 39 heavy (non-hydrogen) atoms. The van der Waals surface area contributed by atoms with Gasteiger partial charge in [0.2, 0.25) is 0 Å². The summed E-state index contributed by atoms with van der Waals surface area (Å²) in [5, 5.41) is 21.8. The number of fused-ring (bicyclic) bond motifs is 1. The Balaban J connectivity index is 1.43. The van der Waals surface area contributed by atoms with Crippen LogP contribution in [0.15, 0.2) is 36.5 Å². The van der Waals surface area contributed by atoms with Gasteiger partial charge < -0.3 is 14.9 Å². The van der Waals surface area contributed by atoms with Crippen molar-refractivity contribution in [1.82, 2.24) is 9.88 Å². The molecule has 2 heterocycles. The molecule has 1 fully saturated rings. The van der Waals surface area contributed by atoms with Crippen molar-refractivity contribution in [3.63, 3.8) is 0 Å². The van der Waals surface area contributed by atoms with Gasteiger partial charge in [-0.1, -0.05) is 23.4 Å². The SMILES string of the molecule is COc1ccc2ncc(Cl)c([C@H](O)CCC3(CC(=O)O)CCN(CC#Cc4cc(F)c(F)c(F)c4)CC3)c2c1. The molecule has 0 aliphatic carbocycles. The minimum absolute atomic E-state index is 0.0357. The fourth-order valence-electron chi connectivity index (χ4n) is 5.12. The van der Waals surface area contributed by atoms with Crippen molar-refractivity contribution in [2.24, 2.45) is 5.41 Å². The molecule has 0 unspecified atom stereocenters. The maximum atomic E-state index is 13.4. The Hall–Kier alpha value is -3.32. The summed E-state index contributed by atoms with van der Waals surface area (Å²) in [7, 11) is 1.55. The molecule has 1 atom stereocenters. The number of hydrogen-bond donors (Lipinski definition) is 2. The Morgan fingerprint density at radius 1 is 1.21 bits per heavy atom. The minimum atomic E-state index is -1.53. The average Bonchev–Trinajstić information content (AvgIpc) is 2.90. The van der Waals surface area contributed by atoms with E-state index in [2.05, 4.69) is 16.8 Å². The molecule has 1 aliphatic heterocycles. The molecule has 10 heteroatoms. The summed E-state index contributed by atoms with van der Waals surface area (Å²) in [6.45, 7) is 1.45. The van der Waals surface area contributed by atoms with E-state index in [-0.39, 0.29) is 12.0 Å². The van der Waals surface area contributed by atoms with E-state index in [9.17, 15) is 28.2 Å². The second-order valence-corrected chi connectivity index (χ2v) is 10.3. The zero-order valence-electron chi connectivity index (χ0n) is 21.3. The van der Waals surface area contributed by atoms with Crippen LogP contribution in [0.25, 0.3) is 10.9 Å². The highest BCUT2D eigenvalue weighted by Gasteiger charge is 2.37. The molecule has 4 rings (SSSR count). The highest BCUT2D eigenvalue weighted by molar-refractivity contribution is 6.32. The van der Waals surface area contributed by atoms with Gasteiger partial charge in [-0.25, -0.2) is 13.2 Å². The molecule has 2 N–H and O–H groups in total. The summed E-state index contributed by atoms with van der Waals surface area (Å²) in [6.07, 6.45) is 2.46. The molecule has 1 aromatic heterocycles. The summed E-state index contributed by atoms with van der Waals surface area (Å²) in [5.41, 5.74) is 0.715. The van der Waals surface area contributed by atoms with Crippen molar-refractivity contribution in [1.29, 1.82) is 0 Å². The number of benzene rings is 2. The van der Waals surface area contributed by atoms with Crippen molar-refractivity contribution >= 4 is 28.5 Å². The summed E-state index contributed by atoms with van der Waals surface area (Å²) < 4.78 is 45.3. The van der Waals surface area contributed by atoms with Crippen molar-refractivity contribution in [2.75, 3.05) is 26.7 Å². The average molecular weight is 561 g/mol. The number of aliphatic hydroxyl groups is 1. The number of ether oxygens (including phenoxy) is 1. The third-order valence-electron chi connectivity index (χ3n) is 7.31. The first-order chi connectivity index (χ1) is 18.6. The number of piperidine rings is 1. The number of carboxylic acid groups (broad SMARTS) is 1. The highest BCUT2D eigenvalue weighted by Crippen LogP contribution is 2.43. The summed E-state index contributed by atoms with van der Waals surface area (Å²) in [6, 6.07) is 7.02. The third-order valence-corrected chi connectivity index (χ3v) is 7.61. The summed E-state index contributed by atoms with van der Waals surface area (Å²) in [5.74, 6) is 1.08. The number of halogens is 4. The standard InChI is InChI=1S/C29H28ClF3N2O4/c1-39-19-4-5-24-20(15-19)27(21(30)17-34-24)25(36)6-7-29(16-26(37)38)8-11-35(12-9-29)10-2-3-18-13-22(31)28(33)23(32)14-18/h4-5,13-15,17,25,36H,6-12,16H2,1H3,(H,37,38)/t25-/m1/s1. The lowest BCUT2D eigenvalue weighted by Crippen LogP contribution is -2.41. The molecule has 0 saturated carbocycles. The van der Waals surface area contributed by atoms with Crippen LogP contribution in [0, 0.1) is 34.7 Å². The molecule has 0 spiro atoms. The zero-order chi connectivity index (χ0) is 28.2. The van der Waals surface area contributed by atoms with E-state index in [4.69, 9.17) is 16.3 Å². The Kier molecular flexibility index (Phi) is 9.01. The third kappa shape index (κ3) is 6.82. The van der Waals surface area contributed by atoms with Crippen LogP contribution in [0.2, 0.25) is 5.02 Å². The lowest BCUT2D eigenvalue weighted by Gasteiger charge is -2.41. The number of likely N-dealkylation sites (tertiary alicyclic amines) is 1. The van der Waals surface area contributed by atoms with E-state index in [1.807, 2.05) is 4.90 Å². The Morgan fingerprint density at radius 3 is 2.54 bits per heavy atom. The number of carbonyl (C=O) groups is 1. The Morgan fingerprint density at radius 2 is 1.90 bits per heavy atom. The Labute approximate surface area is 229 Å². The van der Waals surface area contributed by atoms with Crippen molar-refractivity contribution in [2.45, 2.75) is 38.2 Å². The van der Waals surface area contributed by atoms with E-state index >= 15 is 0 Å². The molecular weight excluding hydrogens is 533 g/mol. The predicted molar refractivity (Wildman–Crippen MR) is 141 cm³/mol. The lowest BCUT2D eigenvalue weighted by atomic mass is 9.71. The van der Waals surface area contributed by atoms with E-state index in [0.717, 1.165) is 12.1 Å². The topological polar surface area (TPSA) is 82.9 Å². The fraction of sp³-hybridized carbons (Fsp3) is 0.379. The second-order valence-electron chi connectivity index (χ2n) is 9.86. The van der Waals surface area contributed by atoms with Crippen LogP contribution in [0.5, 0.6) is 5.75 Å². The number of methoxy groups -OCH3 is 1. The summed E-state index contributed by atoms with van der Waals surface area (Å²) in [4.78, 5) is 18.1. The maximum absolute atomic E-state index is 13.4. The van der Waals surface area contributed by atoms with Crippen LogP contribution in [0.3, 0.4) is 0 Å². The minimum Gasteiger partial charge on any atom is -0.497 e. The number of aromatic nitrogens is 1. The van der Waals surface area contributed by atoms with Crippen LogP contribution in [-0.4, -0.2) is 52.8 Å². The number of aliphatic hydroxyl groups excluding tert-OH is 1. The zero-order valence-corrected chi connectivity index (χ0v) is 22.1. The number of aliphatic carboxylic acids is 1. The molecule has 206 valence electrons. The predicted octanol–water partition coefficient (Wildman–Crippen LogP) is 5.74. The van der Waals surface area contributed by atoms with E-state index in [1.165, 1.54) is 6.20 Å². The Bertz CT molecular complexity index is 1410. The summed E-state index contributed by atoms with van der Waals surface area (Å²) >= 11 is 6.43. The number of rotatable bonds is 8. The van der Waals surface area contributed by atoms with Crippen molar-refractivity contribution in [3.05, 3.63) is 70.1 Å². The van der Waals surface area contributed by atoms with Crippen LogP contribution >= 0.6 is 11.6 Å². The molecule has 0 radical (unpaired) electrons. The number of nitrogens with zero attached hydrogens (tertiary/aromatic N) is 2. The number of pyridine rings is 1. The van der Waals surface area contributed by atoms with Crippen LogP contribution in [0.1, 0.15) is 49.3 Å². The van der Waals surface area contributed by atoms with Gasteiger partial charge in [0, 0.05) is 22.7 Å². The van der Waals surface area contributed by atoms with Gasteiger partial charge in [0.05, 0.1) is 36.7 Å². The molecule has 1 aliphatic rings.